The van der Waals surface area contributed by atoms with Gasteiger partial charge >= 0.3 is 0 Å². The maximum absolute atomic E-state index is 12.1. The molecule has 1 aromatic heterocycles. The highest BCUT2D eigenvalue weighted by atomic mass is 32.2. The third-order valence-electron chi connectivity index (χ3n) is 2.85. The van der Waals surface area contributed by atoms with Crippen LogP contribution in [0, 0.1) is 17.0 Å². The molecule has 7 nitrogen and oxygen atoms in total. The molecule has 0 radical (unpaired) electrons. The number of nitrogens with one attached hydrogen (secondary N) is 1. The molecule has 1 N–H and O–H groups in total. The number of aromatic amines is 1. The standard InChI is InChI=1S/C13H12N2O5S/c1-9-3-2-4-11(5-9)21(19,20)8-13(16)12-6-10(7-14-12)15(17)18/h2-7,14H,8H2,1H3. The van der Waals surface area contributed by atoms with Crippen LogP contribution in [-0.4, -0.2) is 29.9 Å². The number of benzene rings is 1. The summed E-state index contributed by atoms with van der Waals surface area (Å²) in [4.78, 5) is 24.3. The van der Waals surface area contributed by atoms with Crippen molar-refractivity contribution in [2.45, 2.75) is 11.8 Å². The first-order valence-corrected chi connectivity index (χ1v) is 7.60. The van der Waals surface area contributed by atoms with Crippen molar-refractivity contribution in [3.63, 3.8) is 0 Å². The van der Waals surface area contributed by atoms with E-state index in [1.54, 1.807) is 19.1 Å². The highest BCUT2D eigenvalue weighted by Crippen LogP contribution is 2.17. The van der Waals surface area contributed by atoms with Gasteiger partial charge in [-0.15, -0.1) is 0 Å². The van der Waals surface area contributed by atoms with Crippen LogP contribution < -0.4 is 0 Å². The van der Waals surface area contributed by atoms with E-state index in [2.05, 4.69) is 4.98 Å². The van der Waals surface area contributed by atoms with E-state index in [9.17, 15) is 23.3 Å². The molecule has 0 fully saturated rings. The quantitative estimate of drug-likeness (QED) is 0.515. The Bertz CT molecular complexity index is 807. The molecule has 8 heteroatoms. The van der Waals surface area contributed by atoms with Crippen molar-refractivity contribution in [2.75, 3.05) is 5.75 Å². The van der Waals surface area contributed by atoms with Gasteiger partial charge in [-0.1, -0.05) is 12.1 Å². The van der Waals surface area contributed by atoms with E-state index in [0.29, 0.717) is 0 Å². The van der Waals surface area contributed by atoms with Crippen LogP contribution in [-0.2, 0) is 9.84 Å². The lowest BCUT2D eigenvalue weighted by Gasteiger charge is -2.04. The number of nitro groups is 1. The third-order valence-corrected chi connectivity index (χ3v) is 4.46. The lowest BCUT2D eigenvalue weighted by atomic mass is 10.2. The van der Waals surface area contributed by atoms with Gasteiger partial charge in [0.15, 0.2) is 15.6 Å². The van der Waals surface area contributed by atoms with Gasteiger partial charge in [0.25, 0.3) is 5.69 Å². The SMILES string of the molecule is Cc1cccc(S(=O)(=O)CC(=O)c2cc([N+](=O)[O-])c[nH]2)c1. The molecule has 1 aromatic carbocycles. The van der Waals surface area contributed by atoms with Gasteiger partial charge in [-0.25, -0.2) is 8.42 Å². The molecule has 0 aliphatic heterocycles. The summed E-state index contributed by atoms with van der Waals surface area (Å²) in [6, 6.07) is 7.24. The molecule has 0 unspecified atom stereocenters. The second kappa shape index (κ2) is 5.49. The molecular weight excluding hydrogens is 296 g/mol. The van der Waals surface area contributed by atoms with Gasteiger partial charge < -0.3 is 4.98 Å². The number of hydrogen-bond acceptors (Lipinski definition) is 5. The molecule has 0 bridgehead atoms. The predicted octanol–water partition coefficient (Wildman–Crippen LogP) is 1.89. The fourth-order valence-corrected chi connectivity index (χ4v) is 3.11. The van der Waals surface area contributed by atoms with E-state index in [0.717, 1.165) is 17.8 Å². The van der Waals surface area contributed by atoms with Crippen molar-refractivity contribution in [3.05, 3.63) is 57.9 Å². The topological polar surface area (TPSA) is 110 Å². The lowest BCUT2D eigenvalue weighted by molar-refractivity contribution is -0.384. The summed E-state index contributed by atoms with van der Waals surface area (Å²) in [5, 5.41) is 10.5. The van der Waals surface area contributed by atoms with E-state index in [1.165, 1.54) is 12.1 Å². The molecule has 0 amide bonds. The number of hydrogen-bond donors (Lipinski definition) is 1. The fourth-order valence-electron chi connectivity index (χ4n) is 1.79. The summed E-state index contributed by atoms with van der Waals surface area (Å²) in [5.74, 6) is -1.46. The first-order valence-electron chi connectivity index (χ1n) is 5.95. The zero-order valence-corrected chi connectivity index (χ0v) is 11.9. The minimum absolute atomic E-state index is 0.0527. The van der Waals surface area contributed by atoms with Gasteiger partial charge in [-0.3, -0.25) is 14.9 Å². The first kappa shape index (κ1) is 14.9. The highest BCUT2D eigenvalue weighted by Gasteiger charge is 2.23. The molecule has 0 atom stereocenters. The molecule has 1 heterocycles. The zero-order chi connectivity index (χ0) is 15.6. The summed E-state index contributed by atoms with van der Waals surface area (Å²) in [6.45, 7) is 1.75. The van der Waals surface area contributed by atoms with Crippen LogP contribution in [0.1, 0.15) is 16.1 Å². The molecule has 0 saturated carbocycles. The maximum atomic E-state index is 12.1. The van der Waals surface area contributed by atoms with Gasteiger partial charge in [0, 0.05) is 6.07 Å². The monoisotopic (exact) mass is 308 g/mol. The number of rotatable bonds is 5. The summed E-state index contributed by atoms with van der Waals surface area (Å²) in [7, 11) is -3.78. The molecule has 2 aromatic rings. The van der Waals surface area contributed by atoms with Gasteiger partial charge in [-0.2, -0.15) is 0 Å². The molecule has 2 rings (SSSR count). The number of aromatic nitrogens is 1. The van der Waals surface area contributed by atoms with E-state index in [4.69, 9.17) is 0 Å². The minimum Gasteiger partial charge on any atom is -0.353 e. The minimum atomic E-state index is -3.78. The van der Waals surface area contributed by atoms with Gasteiger partial charge in [-0.05, 0) is 24.6 Å². The second-order valence-corrected chi connectivity index (χ2v) is 6.52. The normalized spacial score (nSPS) is 11.3. The van der Waals surface area contributed by atoms with Crippen LogP contribution in [0.5, 0.6) is 0 Å². The van der Waals surface area contributed by atoms with Crippen LogP contribution in [0.3, 0.4) is 0 Å². The average molecular weight is 308 g/mol. The Morgan fingerprint density at radius 2 is 2.05 bits per heavy atom. The number of carbonyl (C=O) groups is 1. The number of ketones is 1. The van der Waals surface area contributed by atoms with E-state index in [-0.39, 0.29) is 16.3 Å². The second-order valence-electron chi connectivity index (χ2n) is 4.53. The van der Waals surface area contributed by atoms with Gasteiger partial charge in [0.2, 0.25) is 0 Å². The van der Waals surface area contributed by atoms with Crippen molar-refractivity contribution in [2.24, 2.45) is 0 Å². The summed E-state index contributed by atoms with van der Waals surface area (Å²) >= 11 is 0. The van der Waals surface area contributed by atoms with Crippen molar-refractivity contribution in [1.29, 1.82) is 0 Å². The molecule has 0 saturated heterocycles. The summed E-state index contributed by atoms with van der Waals surface area (Å²) in [6.07, 6.45) is 1.05. The van der Waals surface area contributed by atoms with Crippen molar-refractivity contribution < 1.29 is 18.1 Å². The molecular formula is C13H12N2O5S. The van der Waals surface area contributed by atoms with Crippen LogP contribution in [0.15, 0.2) is 41.4 Å². The number of nitrogens with zero attached hydrogens (tertiary/aromatic N) is 1. The van der Waals surface area contributed by atoms with Crippen molar-refractivity contribution in [3.8, 4) is 0 Å². The first-order chi connectivity index (χ1) is 9.79. The average Bonchev–Trinajstić information content (AvgIpc) is 2.88. The Morgan fingerprint density at radius 1 is 1.33 bits per heavy atom. The summed E-state index contributed by atoms with van der Waals surface area (Å²) < 4.78 is 24.3. The van der Waals surface area contributed by atoms with Crippen LogP contribution in [0.25, 0.3) is 0 Å². The van der Waals surface area contributed by atoms with Gasteiger partial charge in [0.05, 0.1) is 21.7 Å². The number of aryl methyl sites for hydroxylation is 1. The Labute approximate surface area is 120 Å². The third kappa shape index (κ3) is 3.34. The Balaban J connectivity index is 2.23. The van der Waals surface area contributed by atoms with Crippen molar-refractivity contribution in [1.82, 2.24) is 4.98 Å². The van der Waals surface area contributed by atoms with E-state index in [1.807, 2.05) is 0 Å². The van der Waals surface area contributed by atoms with Crippen LogP contribution in [0.2, 0.25) is 0 Å². The van der Waals surface area contributed by atoms with Crippen LogP contribution >= 0.6 is 0 Å². The lowest BCUT2D eigenvalue weighted by Crippen LogP contribution is -2.16. The van der Waals surface area contributed by atoms with Gasteiger partial charge in [0.1, 0.15) is 5.75 Å². The van der Waals surface area contributed by atoms with E-state index < -0.39 is 26.3 Å². The fraction of sp³-hybridized carbons (Fsp3) is 0.154. The van der Waals surface area contributed by atoms with Crippen LogP contribution in [0.4, 0.5) is 5.69 Å². The Hall–Kier alpha value is -2.48. The largest absolute Gasteiger partial charge is 0.353 e. The predicted molar refractivity (Wildman–Crippen MR) is 75.0 cm³/mol. The smallest absolute Gasteiger partial charge is 0.287 e. The number of H-pyrrole nitrogens is 1. The molecule has 21 heavy (non-hydrogen) atoms. The van der Waals surface area contributed by atoms with E-state index >= 15 is 0 Å². The molecule has 0 spiro atoms. The van der Waals surface area contributed by atoms with Crippen molar-refractivity contribution >= 4 is 21.3 Å². The Kier molecular flexibility index (Phi) is 3.90. The molecule has 0 aliphatic rings. The summed E-state index contributed by atoms with van der Waals surface area (Å²) in [5.41, 5.74) is 0.378. The zero-order valence-electron chi connectivity index (χ0n) is 11.1. The molecule has 0 aliphatic carbocycles. The molecule has 110 valence electrons. The maximum Gasteiger partial charge on any atom is 0.287 e. The Morgan fingerprint density at radius 3 is 2.62 bits per heavy atom. The number of carbonyl (C=O) groups excluding carboxylic acids is 1. The number of Topliss-reactive ketones (excluding diaryl/α,β-unsaturated/α-hetero) is 1. The number of sulfone groups is 1. The highest BCUT2D eigenvalue weighted by molar-refractivity contribution is 7.92.